The standard InChI is InChI=1S/C13H22N2O4S2/c1-8(13(18)19)11(16)10(5-7-21-3)15-12(17)9(14)4-6-20-2/h9-10H,1,4-7,14H2,2-3H3,(H,15,17)(H,18,19)/t9-,10-/m0/s1. The van der Waals surface area contributed by atoms with Gasteiger partial charge in [-0.05, 0) is 36.9 Å². The second-order valence-corrected chi connectivity index (χ2v) is 6.35. The number of thioether (sulfide) groups is 2. The minimum absolute atomic E-state index is 0.341. The summed E-state index contributed by atoms with van der Waals surface area (Å²) in [7, 11) is 0. The maximum absolute atomic E-state index is 12.0. The maximum Gasteiger partial charge on any atom is 0.338 e. The van der Waals surface area contributed by atoms with Gasteiger partial charge in [0.15, 0.2) is 5.78 Å². The van der Waals surface area contributed by atoms with E-state index in [1.807, 2.05) is 12.5 Å². The molecule has 0 radical (unpaired) electrons. The molecule has 0 fully saturated rings. The van der Waals surface area contributed by atoms with Crippen molar-refractivity contribution in [2.45, 2.75) is 24.9 Å². The second kappa shape index (κ2) is 10.7. The number of carboxylic acid groups (broad SMARTS) is 1. The van der Waals surface area contributed by atoms with E-state index in [9.17, 15) is 14.4 Å². The molecule has 8 heteroatoms. The van der Waals surface area contributed by atoms with E-state index in [1.54, 1.807) is 11.8 Å². The van der Waals surface area contributed by atoms with Crippen LogP contribution in [0.3, 0.4) is 0 Å². The van der Waals surface area contributed by atoms with Gasteiger partial charge in [-0.2, -0.15) is 23.5 Å². The number of rotatable bonds is 11. The highest BCUT2D eigenvalue weighted by atomic mass is 32.2. The van der Waals surface area contributed by atoms with Gasteiger partial charge in [-0.3, -0.25) is 9.59 Å². The number of Topliss-reactive ketones (excluding diaryl/α,β-unsaturated/α-hetero) is 1. The summed E-state index contributed by atoms with van der Waals surface area (Å²) in [5.74, 6) is -1.15. The van der Waals surface area contributed by atoms with E-state index in [2.05, 4.69) is 11.9 Å². The molecule has 0 heterocycles. The van der Waals surface area contributed by atoms with Gasteiger partial charge in [0.1, 0.15) is 0 Å². The molecule has 1 amide bonds. The third-order valence-corrected chi connectivity index (χ3v) is 4.06. The summed E-state index contributed by atoms with van der Waals surface area (Å²) in [4.78, 5) is 34.8. The van der Waals surface area contributed by atoms with Gasteiger partial charge in [0.25, 0.3) is 0 Å². The normalized spacial score (nSPS) is 13.3. The molecule has 0 unspecified atom stereocenters. The van der Waals surface area contributed by atoms with E-state index >= 15 is 0 Å². The van der Waals surface area contributed by atoms with Crippen molar-refractivity contribution in [2.24, 2.45) is 5.73 Å². The lowest BCUT2D eigenvalue weighted by Gasteiger charge is -2.19. The van der Waals surface area contributed by atoms with Crippen LogP contribution in [0.1, 0.15) is 12.8 Å². The molecule has 0 aromatic rings. The topological polar surface area (TPSA) is 109 Å². The van der Waals surface area contributed by atoms with E-state index in [-0.39, 0.29) is 0 Å². The van der Waals surface area contributed by atoms with Gasteiger partial charge in [-0.25, -0.2) is 4.79 Å². The van der Waals surface area contributed by atoms with Gasteiger partial charge >= 0.3 is 5.97 Å². The molecule has 0 spiro atoms. The molecule has 4 N–H and O–H groups in total. The fraction of sp³-hybridized carbons (Fsp3) is 0.615. The number of carbonyl (C=O) groups is 3. The molecule has 0 saturated heterocycles. The van der Waals surface area contributed by atoms with Crippen molar-refractivity contribution in [1.82, 2.24) is 5.32 Å². The molecule has 0 aliphatic rings. The summed E-state index contributed by atoms with van der Waals surface area (Å²) in [5.41, 5.74) is 5.21. The van der Waals surface area contributed by atoms with E-state index in [0.29, 0.717) is 18.6 Å². The second-order valence-electron chi connectivity index (χ2n) is 4.38. The molecule has 0 saturated carbocycles. The highest BCUT2D eigenvalue weighted by Crippen LogP contribution is 2.08. The number of nitrogens with one attached hydrogen (secondary N) is 1. The quantitative estimate of drug-likeness (QED) is 0.287. The minimum atomic E-state index is -1.38. The fourth-order valence-electron chi connectivity index (χ4n) is 1.47. The summed E-state index contributed by atoms with van der Waals surface area (Å²) in [6.07, 6.45) is 4.61. The zero-order chi connectivity index (χ0) is 16.4. The number of ketones is 1. The lowest BCUT2D eigenvalue weighted by atomic mass is 10.0. The lowest BCUT2D eigenvalue weighted by molar-refractivity contribution is -0.136. The zero-order valence-corrected chi connectivity index (χ0v) is 13.9. The predicted octanol–water partition coefficient (Wildman–Crippen LogP) is 0.515. The van der Waals surface area contributed by atoms with Crippen molar-refractivity contribution in [2.75, 3.05) is 24.0 Å². The Bertz CT molecular complexity index is 402. The molecule has 120 valence electrons. The van der Waals surface area contributed by atoms with Crippen LogP contribution in [0.5, 0.6) is 0 Å². The van der Waals surface area contributed by atoms with Crippen LogP contribution in [0.25, 0.3) is 0 Å². The number of amides is 1. The van der Waals surface area contributed by atoms with Crippen molar-refractivity contribution in [1.29, 1.82) is 0 Å². The van der Waals surface area contributed by atoms with Gasteiger partial charge < -0.3 is 16.2 Å². The van der Waals surface area contributed by atoms with Gasteiger partial charge in [0, 0.05) is 0 Å². The van der Waals surface area contributed by atoms with E-state index < -0.39 is 35.3 Å². The minimum Gasteiger partial charge on any atom is -0.478 e. The molecule has 2 atom stereocenters. The average Bonchev–Trinajstić information content (AvgIpc) is 2.46. The smallest absolute Gasteiger partial charge is 0.338 e. The summed E-state index contributed by atoms with van der Waals surface area (Å²) in [6.45, 7) is 3.24. The summed E-state index contributed by atoms with van der Waals surface area (Å²) in [5, 5.41) is 11.4. The van der Waals surface area contributed by atoms with Crippen molar-refractivity contribution >= 4 is 41.2 Å². The molecule has 0 aliphatic heterocycles. The summed E-state index contributed by atoms with van der Waals surface area (Å²) >= 11 is 3.07. The molecule has 0 bridgehead atoms. The Labute approximate surface area is 133 Å². The molecule has 0 rings (SSSR count). The number of nitrogens with two attached hydrogens (primary N) is 1. The highest BCUT2D eigenvalue weighted by Gasteiger charge is 2.27. The van der Waals surface area contributed by atoms with Gasteiger partial charge in [0.2, 0.25) is 5.91 Å². The van der Waals surface area contributed by atoms with Crippen LogP contribution in [-0.2, 0) is 14.4 Å². The van der Waals surface area contributed by atoms with Crippen LogP contribution >= 0.6 is 23.5 Å². The first-order chi connectivity index (χ1) is 9.84. The first-order valence-electron chi connectivity index (χ1n) is 6.35. The molecule has 0 aromatic heterocycles. The van der Waals surface area contributed by atoms with Gasteiger partial charge in [-0.15, -0.1) is 0 Å². The molecule has 0 aliphatic carbocycles. The maximum atomic E-state index is 12.0. The van der Waals surface area contributed by atoms with E-state index in [0.717, 1.165) is 5.75 Å². The predicted molar refractivity (Wildman–Crippen MR) is 87.7 cm³/mol. The summed E-state index contributed by atoms with van der Waals surface area (Å²) in [6, 6.07) is -1.60. The average molecular weight is 334 g/mol. The Morgan fingerprint density at radius 3 is 2.19 bits per heavy atom. The van der Waals surface area contributed by atoms with E-state index in [1.165, 1.54) is 11.8 Å². The number of carboxylic acids is 1. The number of hydrogen-bond donors (Lipinski definition) is 3. The van der Waals surface area contributed by atoms with Gasteiger partial charge in [-0.1, -0.05) is 6.58 Å². The van der Waals surface area contributed by atoms with Crippen LogP contribution in [0.2, 0.25) is 0 Å². The first kappa shape index (κ1) is 20.0. The fourth-order valence-corrected chi connectivity index (χ4v) is 2.44. The van der Waals surface area contributed by atoms with Crippen LogP contribution < -0.4 is 11.1 Å². The number of hydrogen-bond acceptors (Lipinski definition) is 6. The highest BCUT2D eigenvalue weighted by molar-refractivity contribution is 7.98. The largest absolute Gasteiger partial charge is 0.478 e. The van der Waals surface area contributed by atoms with Crippen LogP contribution in [0.15, 0.2) is 12.2 Å². The SMILES string of the molecule is C=C(C(=O)O)C(=O)[C@H](CCSC)NC(=O)[C@@H](N)CCSC. The van der Waals surface area contributed by atoms with Gasteiger partial charge in [0.05, 0.1) is 17.7 Å². The van der Waals surface area contributed by atoms with Crippen molar-refractivity contribution in [3.05, 3.63) is 12.2 Å². The Morgan fingerprint density at radius 2 is 1.71 bits per heavy atom. The Hall–Kier alpha value is -0.990. The Kier molecular flexibility index (Phi) is 10.2. The zero-order valence-electron chi connectivity index (χ0n) is 12.3. The Balaban J connectivity index is 4.75. The van der Waals surface area contributed by atoms with Crippen molar-refractivity contribution in [3.8, 4) is 0 Å². The summed E-state index contributed by atoms with van der Waals surface area (Å²) < 4.78 is 0. The van der Waals surface area contributed by atoms with Crippen LogP contribution in [-0.4, -0.2) is 58.9 Å². The lowest BCUT2D eigenvalue weighted by Crippen LogP contribution is -2.49. The molecule has 0 aromatic carbocycles. The van der Waals surface area contributed by atoms with Crippen LogP contribution in [0, 0.1) is 0 Å². The number of aliphatic carboxylic acids is 1. The van der Waals surface area contributed by atoms with Crippen LogP contribution in [0.4, 0.5) is 0 Å². The molecule has 21 heavy (non-hydrogen) atoms. The monoisotopic (exact) mass is 334 g/mol. The third-order valence-electron chi connectivity index (χ3n) is 2.77. The van der Waals surface area contributed by atoms with Crippen molar-refractivity contribution < 1.29 is 19.5 Å². The first-order valence-corrected chi connectivity index (χ1v) is 9.14. The van der Waals surface area contributed by atoms with Crippen molar-refractivity contribution in [3.63, 3.8) is 0 Å². The molecule has 6 nitrogen and oxygen atoms in total. The van der Waals surface area contributed by atoms with E-state index in [4.69, 9.17) is 10.8 Å². The number of carbonyl (C=O) groups excluding carboxylic acids is 2. The molecular formula is C13H22N2O4S2. The molecular weight excluding hydrogens is 312 g/mol. The third kappa shape index (κ3) is 7.54. The Morgan fingerprint density at radius 1 is 1.19 bits per heavy atom.